The van der Waals surface area contributed by atoms with Crippen LogP contribution in [0.25, 0.3) is 0 Å². The van der Waals surface area contributed by atoms with E-state index in [1.165, 1.54) is 0 Å². The fourth-order valence-electron chi connectivity index (χ4n) is 2.79. The predicted octanol–water partition coefficient (Wildman–Crippen LogP) is 1.82. The fraction of sp³-hybridized carbons (Fsp3) is 0.375. The lowest BCUT2D eigenvalue weighted by atomic mass is 10.0. The van der Waals surface area contributed by atoms with Gasteiger partial charge in [0.1, 0.15) is 11.8 Å². The minimum Gasteiger partial charge on any atom is -0.494 e. The highest BCUT2D eigenvalue weighted by Crippen LogP contribution is 2.23. The molecule has 2 aromatic rings. The Balaban J connectivity index is 1.76. The van der Waals surface area contributed by atoms with Gasteiger partial charge in [0.25, 0.3) is 0 Å². The van der Waals surface area contributed by atoms with E-state index in [4.69, 9.17) is 4.74 Å². The van der Waals surface area contributed by atoms with Crippen LogP contribution in [0, 0.1) is 0 Å². The van der Waals surface area contributed by atoms with Crippen molar-refractivity contribution in [1.29, 1.82) is 0 Å². The molecule has 0 saturated carbocycles. The number of hydrogen-bond acceptors (Lipinski definition) is 4. The third-order valence-electron chi connectivity index (χ3n) is 3.90. The quantitative estimate of drug-likeness (QED) is 0.880. The van der Waals surface area contributed by atoms with Crippen LogP contribution >= 0.6 is 0 Å². The Morgan fingerprint density at radius 3 is 2.91 bits per heavy atom. The van der Waals surface area contributed by atoms with E-state index in [-0.39, 0.29) is 0 Å². The summed E-state index contributed by atoms with van der Waals surface area (Å²) in [6.45, 7) is 3.73. The Bertz CT molecular complexity index is 651. The number of carboxylic acid groups (broad SMARTS) is 1. The monoisotopic (exact) mass is 301 g/mol. The molecule has 1 aromatic carbocycles. The molecule has 22 heavy (non-hydrogen) atoms. The fourth-order valence-corrected chi connectivity index (χ4v) is 2.79. The van der Waals surface area contributed by atoms with Crippen molar-refractivity contribution in [3.8, 4) is 5.75 Å². The molecule has 1 aliphatic rings. The van der Waals surface area contributed by atoms with Gasteiger partial charge in [-0.3, -0.25) is 9.69 Å². The van der Waals surface area contributed by atoms with E-state index >= 15 is 0 Å². The maximum absolute atomic E-state index is 11.5. The maximum Gasteiger partial charge on any atom is 0.321 e. The van der Waals surface area contributed by atoms with Gasteiger partial charge in [-0.05, 0) is 24.6 Å². The van der Waals surface area contributed by atoms with E-state index < -0.39 is 12.0 Å². The van der Waals surface area contributed by atoms with Gasteiger partial charge >= 0.3 is 5.97 Å². The van der Waals surface area contributed by atoms with Gasteiger partial charge in [0, 0.05) is 19.5 Å². The van der Waals surface area contributed by atoms with Gasteiger partial charge in [0.2, 0.25) is 0 Å². The number of ether oxygens (including phenoxy) is 1. The Kier molecular flexibility index (Phi) is 4.11. The summed E-state index contributed by atoms with van der Waals surface area (Å²) in [5.41, 5.74) is 2.93. The number of carbonyl (C=O) groups is 1. The van der Waals surface area contributed by atoms with Crippen LogP contribution in [-0.4, -0.2) is 38.6 Å². The SMILES string of the molecule is CCOc1ccc(CN2Cc3[nH]cnc3CC2C(=O)O)cc1. The molecule has 0 spiro atoms. The maximum atomic E-state index is 11.5. The van der Waals surface area contributed by atoms with Crippen LogP contribution in [0.1, 0.15) is 23.9 Å². The first kappa shape index (κ1) is 14.6. The molecule has 6 nitrogen and oxygen atoms in total. The molecule has 1 aromatic heterocycles. The molecule has 6 heteroatoms. The van der Waals surface area contributed by atoms with Gasteiger partial charge < -0.3 is 14.8 Å². The largest absolute Gasteiger partial charge is 0.494 e. The van der Waals surface area contributed by atoms with Gasteiger partial charge in [-0.2, -0.15) is 0 Å². The highest BCUT2D eigenvalue weighted by atomic mass is 16.5. The molecule has 0 saturated heterocycles. The van der Waals surface area contributed by atoms with Crippen LogP contribution in [0.5, 0.6) is 5.75 Å². The average Bonchev–Trinajstić information content (AvgIpc) is 2.96. The summed E-state index contributed by atoms with van der Waals surface area (Å²) < 4.78 is 5.43. The molecular weight excluding hydrogens is 282 g/mol. The zero-order chi connectivity index (χ0) is 15.5. The summed E-state index contributed by atoms with van der Waals surface area (Å²) in [5.74, 6) is 0.0233. The van der Waals surface area contributed by atoms with Crippen LogP contribution in [0.4, 0.5) is 0 Å². The molecule has 0 fully saturated rings. The normalized spacial score (nSPS) is 18.0. The van der Waals surface area contributed by atoms with E-state index in [1.807, 2.05) is 36.1 Å². The van der Waals surface area contributed by atoms with Crippen LogP contribution < -0.4 is 4.74 Å². The summed E-state index contributed by atoms with van der Waals surface area (Å²) in [5, 5.41) is 9.46. The number of imidazole rings is 1. The van der Waals surface area contributed by atoms with Crippen molar-refractivity contribution in [2.24, 2.45) is 0 Å². The number of carboxylic acids is 1. The smallest absolute Gasteiger partial charge is 0.321 e. The molecule has 1 unspecified atom stereocenters. The Labute approximate surface area is 128 Å². The highest BCUT2D eigenvalue weighted by molar-refractivity contribution is 5.74. The first-order valence-corrected chi connectivity index (χ1v) is 7.37. The number of rotatable bonds is 5. The number of fused-ring (bicyclic) bond motifs is 1. The summed E-state index contributed by atoms with van der Waals surface area (Å²) in [6, 6.07) is 7.25. The summed E-state index contributed by atoms with van der Waals surface area (Å²) >= 11 is 0. The van der Waals surface area contributed by atoms with E-state index in [0.717, 1.165) is 22.7 Å². The van der Waals surface area contributed by atoms with Gasteiger partial charge in [-0.15, -0.1) is 0 Å². The molecule has 2 heterocycles. The lowest BCUT2D eigenvalue weighted by Gasteiger charge is -2.32. The van der Waals surface area contributed by atoms with Crippen molar-refractivity contribution >= 4 is 5.97 Å². The second-order valence-electron chi connectivity index (χ2n) is 5.37. The first-order valence-electron chi connectivity index (χ1n) is 7.37. The first-order chi connectivity index (χ1) is 10.7. The molecule has 1 aliphatic heterocycles. The van der Waals surface area contributed by atoms with Crippen molar-refractivity contribution in [1.82, 2.24) is 14.9 Å². The lowest BCUT2D eigenvalue weighted by molar-refractivity contribution is -0.144. The lowest BCUT2D eigenvalue weighted by Crippen LogP contribution is -2.45. The predicted molar refractivity (Wildman–Crippen MR) is 80.6 cm³/mol. The summed E-state index contributed by atoms with van der Waals surface area (Å²) in [6.07, 6.45) is 2.06. The number of nitrogens with one attached hydrogen (secondary N) is 1. The van der Waals surface area contributed by atoms with E-state index in [0.29, 0.717) is 26.1 Å². The van der Waals surface area contributed by atoms with Crippen LogP contribution in [0.15, 0.2) is 30.6 Å². The minimum absolute atomic E-state index is 0.436. The molecular formula is C16H19N3O3. The number of H-pyrrole nitrogens is 1. The zero-order valence-corrected chi connectivity index (χ0v) is 12.5. The van der Waals surface area contributed by atoms with Gasteiger partial charge in [-0.25, -0.2) is 4.98 Å². The molecule has 0 amide bonds. The van der Waals surface area contributed by atoms with Crippen molar-refractivity contribution in [2.45, 2.75) is 32.5 Å². The highest BCUT2D eigenvalue weighted by Gasteiger charge is 2.32. The van der Waals surface area contributed by atoms with E-state index in [2.05, 4.69) is 9.97 Å². The second kappa shape index (κ2) is 6.19. The van der Waals surface area contributed by atoms with Crippen LogP contribution in [-0.2, 0) is 24.3 Å². The van der Waals surface area contributed by atoms with Gasteiger partial charge in [0.05, 0.1) is 24.3 Å². The molecule has 3 rings (SSSR count). The Morgan fingerprint density at radius 2 is 2.23 bits per heavy atom. The standard InChI is InChI=1S/C16H19N3O3/c1-2-22-12-5-3-11(4-6-12)8-19-9-14-13(17-10-18-14)7-15(19)16(20)21/h3-6,10,15H,2,7-9H2,1H3,(H,17,18)(H,20,21). The topological polar surface area (TPSA) is 78.5 Å². The third-order valence-corrected chi connectivity index (χ3v) is 3.90. The Morgan fingerprint density at radius 1 is 1.45 bits per heavy atom. The molecule has 0 radical (unpaired) electrons. The van der Waals surface area contributed by atoms with Gasteiger partial charge in [-0.1, -0.05) is 12.1 Å². The third kappa shape index (κ3) is 2.96. The van der Waals surface area contributed by atoms with Crippen molar-refractivity contribution < 1.29 is 14.6 Å². The molecule has 116 valence electrons. The number of nitrogens with zero attached hydrogens (tertiary/aromatic N) is 2. The number of aromatic nitrogens is 2. The average molecular weight is 301 g/mol. The van der Waals surface area contributed by atoms with Crippen molar-refractivity contribution in [2.75, 3.05) is 6.61 Å². The van der Waals surface area contributed by atoms with Crippen LogP contribution in [0.3, 0.4) is 0 Å². The van der Waals surface area contributed by atoms with Crippen molar-refractivity contribution in [3.05, 3.63) is 47.5 Å². The zero-order valence-electron chi connectivity index (χ0n) is 12.5. The molecule has 0 bridgehead atoms. The van der Waals surface area contributed by atoms with Crippen LogP contribution in [0.2, 0.25) is 0 Å². The molecule has 0 aliphatic carbocycles. The molecule has 1 atom stereocenters. The number of aromatic amines is 1. The van der Waals surface area contributed by atoms with E-state index in [9.17, 15) is 9.90 Å². The van der Waals surface area contributed by atoms with Crippen molar-refractivity contribution in [3.63, 3.8) is 0 Å². The number of aliphatic carboxylic acids is 1. The summed E-state index contributed by atoms with van der Waals surface area (Å²) in [7, 11) is 0. The summed E-state index contributed by atoms with van der Waals surface area (Å²) in [4.78, 5) is 20.8. The molecule has 2 N–H and O–H groups in total. The second-order valence-corrected chi connectivity index (χ2v) is 5.37. The van der Waals surface area contributed by atoms with E-state index in [1.54, 1.807) is 6.33 Å². The minimum atomic E-state index is -0.806. The number of benzene rings is 1. The number of hydrogen-bond donors (Lipinski definition) is 2. The Hall–Kier alpha value is -2.34. The van der Waals surface area contributed by atoms with Gasteiger partial charge in [0.15, 0.2) is 0 Å².